The molecule has 0 spiro atoms. The van der Waals surface area contributed by atoms with Crippen molar-refractivity contribution in [1.29, 1.82) is 0 Å². The maximum atomic E-state index is 11.9. The molecule has 1 aromatic heterocycles. The van der Waals surface area contributed by atoms with E-state index in [9.17, 15) is 4.79 Å². The number of nitrogens with one attached hydrogen (secondary N) is 1. The van der Waals surface area contributed by atoms with Crippen LogP contribution < -0.4 is 5.32 Å². The van der Waals surface area contributed by atoms with E-state index in [1.165, 1.54) is 0 Å². The van der Waals surface area contributed by atoms with Crippen molar-refractivity contribution < 1.29 is 14.2 Å². The Kier molecular flexibility index (Phi) is 5.92. The molecule has 1 aromatic carbocycles. The number of aromatic nitrogens is 2. The van der Waals surface area contributed by atoms with Crippen molar-refractivity contribution in [2.75, 3.05) is 19.7 Å². The molecule has 0 atom stereocenters. The fourth-order valence-electron chi connectivity index (χ4n) is 2.52. The Balaban J connectivity index is 1.39. The topological polar surface area (TPSA) is 80.5 Å². The maximum Gasteiger partial charge on any atom is 0.231 e. The summed E-state index contributed by atoms with van der Waals surface area (Å²) < 4.78 is 5.22. The molecule has 0 unspecified atom stereocenters. The number of amides is 1. The Morgan fingerprint density at radius 3 is 2.92 bits per heavy atom. The van der Waals surface area contributed by atoms with Gasteiger partial charge in [-0.15, -0.1) is 0 Å². The van der Waals surface area contributed by atoms with Crippen LogP contribution in [0.3, 0.4) is 0 Å². The van der Waals surface area contributed by atoms with Crippen LogP contribution in [0.5, 0.6) is 0 Å². The molecule has 1 fully saturated rings. The fourth-order valence-corrected chi connectivity index (χ4v) is 2.52. The third-order valence-corrected chi connectivity index (χ3v) is 3.82. The molecule has 24 heavy (non-hydrogen) atoms. The number of carbonyl (C=O) groups excluding carboxylic acids is 1. The van der Waals surface area contributed by atoms with Crippen molar-refractivity contribution in [1.82, 2.24) is 20.5 Å². The monoisotopic (exact) mass is 330 g/mol. The summed E-state index contributed by atoms with van der Waals surface area (Å²) >= 11 is 0. The van der Waals surface area contributed by atoms with Gasteiger partial charge in [0.05, 0.1) is 19.6 Å². The molecule has 128 valence electrons. The third kappa shape index (κ3) is 5.14. The second-order valence-electron chi connectivity index (χ2n) is 5.76. The largest absolute Gasteiger partial charge is 0.349 e. The normalized spacial score (nSPS) is 15.3. The predicted molar refractivity (Wildman–Crippen MR) is 86.8 cm³/mol. The lowest BCUT2D eigenvalue weighted by atomic mass is 10.1. The molecule has 0 saturated carbocycles. The van der Waals surface area contributed by atoms with Gasteiger partial charge in [-0.25, -0.2) is 0 Å². The Morgan fingerprint density at radius 1 is 1.25 bits per heavy atom. The van der Waals surface area contributed by atoms with Crippen LogP contribution in [0.25, 0.3) is 0 Å². The van der Waals surface area contributed by atoms with Gasteiger partial charge in [-0.3, -0.25) is 9.63 Å². The van der Waals surface area contributed by atoms with E-state index in [-0.39, 0.29) is 12.5 Å². The molecule has 0 radical (unpaired) electrons. The summed E-state index contributed by atoms with van der Waals surface area (Å²) in [7, 11) is 0. The number of nitrogens with zero attached hydrogens (tertiary/aromatic N) is 3. The summed E-state index contributed by atoms with van der Waals surface area (Å²) in [5, 5.41) is 8.56. The van der Waals surface area contributed by atoms with Crippen LogP contribution in [-0.4, -0.2) is 40.8 Å². The first kappa shape index (κ1) is 16.6. The fraction of sp³-hybridized carbons (Fsp3) is 0.471. The number of hydrogen-bond acceptors (Lipinski definition) is 6. The number of carbonyl (C=O) groups is 1. The first-order chi connectivity index (χ1) is 11.8. The molecule has 0 aliphatic carbocycles. The average Bonchev–Trinajstić information content (AvgIpc) is 3.07. The van der Waals surface area contributed by atoms with Crippen molar-refractivity contribution in [3.8, 4) is 0 Å². The quantitative estimate of drug-likeness (QED) is 0.832. The number of hydrogen-bond donors (Lipinski definition) is 1. The summed E-state index contributed by atoms with van der Waals surface area (Å²) in [6.07, 6.45) is 3.20. The van der Waals surface area contributed by atoms with Crippen molar-refractivity contribution in [2.45, 2.75) is 32.2 Å². The minimum absolute atomic E-state index is 0.0430. The van der Waals surface area contributed by atoms with E-state index in [2.05, 4.69) is 15.5 Å². The Hall–Kier alpha value is -2.25. The van der Waals surface area contributed by atoms with E-state index in [0.717, 1.165) is 31.6 Å². The zero-order chi connectivity index (χ0) is 16.6. The summed E-state index contributed by atoms with van der Waals surface area (Å²) in [5.74, 6) is 0.995. The van der Waals surface area contributed by atoms with Crippen LogP contribution in [0.2, 0.25) is 0 Å². The molecule has 1 N–H and O–H groups in total. The van der Waals surface area contributed by atoms with Gasteiger partial charge in [-0.05, 0) is 18.4 Å². The number of benzene rings is 1. The first-order valence-corrected chi connectivity index (χ1v) is 8.29. The average molecular weight is 330 g/mol. The smallest absolute Gasteiger partial charge is 0.231 e. The Labute approximate surface area is 140 Å². The Bertz CT molecular complexity index is 638. The lowest BCUT2D eigenvalue weighted by Crippen LogP contribution is -2.34. The minimum Gasteiger partial charge on any atom is -0.349 e. The summed E-state index contributed by atoms with van der Waals surface area (Å²) in [6.45, 7) is 2.52. The standard InChI is InChI=1S/C17H22N4O3/c22-16(8-10-21-9-4-5-11-23-21)18-13-15-19-17(24-20-15)12-14-6-2-1-3-7-14/h1-3,6-7H,4-5,8-13H2,(H,18,22). The van der Waals surface area contributed by atoms with E-state index in [0.29, 0.717) is 31.1 Å². The molecule has 7 heteroatoms. The highest BCUT2D eigenvalue weighted by molar-refractivity contribution is 5.75. The van der Waals surface area contributed by atoms with E-state index in [4.69, 9.17) is 9.36 Å². The highest BCUT2D eigenvalue weighted by atomic mass is 16.7. The molecule has 1 amide bonds. The van der Waals surface area contributed by atoms with Gasteiger partial charge in [0.1, 0.15) is 0 Å². The minimum atomic E-state index is -0.0430. The molecule has 1 aliphatic rings. The second kappa shape index (κ2) is 8.56. The van der Waals surface area contributed by atoms with Crippen molar-refractivity contribution in [3.05, 3.63) is 47.6 Å². The van der Waals surface area contributed by atoms with Crippen LogP contribution in [-0.2, 0) is 22.6 Å². The van der Waals surface area contributed by atoms with Gasteiger partial charge in [-0.2, -0.15) is 10.0 Å². The number of hydroxylamine groups is 2. The van der Waals surface area contributed by atoms with Crippen LogP contribution in [0.15, 0.2) is 34.9 Å². The molecule has 3 rings (SSSR count). The highest BCUT2D eigenvalue weighted by Gasteiger charge is 2.13. The van der Waals surface area contributed by atoms with Crippen molar-refractivity contribution in [3.63, 3.8) is 0 Å². The molecule has 1 aliphatic heterocycles. The summed E-state index contributed by atoms with van der Waals surface area (Å²) in [5.41, 5.74) is 1.11. The van der Waals surface area contributed by atoms with Crippen LogP contribution >= 0.6 is 0 Å². The molecule has 7 nitrogen and oxygen atoms in total. The lowest BCUT2D eigenvalue weighted by Gasteiger charge is -2.25. The molecule has 1 saturated heterocycles. The second-order valence-corrected chi connectivity index (χ2v) is 5.76. The van der Waals surface area contributed by atoms with Gasteiger partial charge >= 0.3 is 0 Å². The van der Waals surface area contributed by atoms with Crippen molar-refractivity contribution >= 4 is 5.91 Å². The van der Waals surface area contributed by atoms with Gasteiger partial charge in [-0.1, -0.05) is 35.5 Å². The van der Waals surface area contributed by atoms with E-state index in [1.54, 1.807) is 0 Å². The van der Waals surface area contributed by atoms with Gasteiger partial charge in [0.15, 0.2) is 5.82 Å². The summed E-state index contributed by atoms with van der Waals surface area (Å²) in [4.78, 5) is 21.6. The molecular weight excluding hydrogens is 308 g/mol. The third-order valence-electron chi connectivity index (χ3n) is 3.82. The highest BCUT2D eigenvalue weighted by Crippen LogP contribution is 2.08. The summed E-state index contributed by atoms with van der Waals surface area (Å²) in [6, 6.07) is 9.92. The van der Waals surface area contributed by atoms with E-state index < -0.39 is 0 Å². The number of rotatable bonds is 7. The van der Waals surface area contributed by atoms with Gasteiger partial charge in [0.2, 0.25) is 11.8 Å². The molecule has 2 aromatic rings. The van der Waals surface area contributed by atoms with Crippen LogP contribution in [0, 0.1) is 0 Å². The van der Waals surface area contributed by atoms with Gasteiger partial charge < -0.3 is 9.84 Å². The molecule has 2 heterocycles. The van der Waals surface area contributed by atoms with E-state index >= 15 is 0 Å². The van der Waals surface area contributed by atoms with Crippen LogP contribution in [0.4, 0.5) is 0 Å². The SMILES string of the molecule is O=C(CCN1CCCCO1)NCc1noc(Cc2ccccc2)n1. The predicted octanol–water partition coefficient (Wildman–Crippen LogP) is 1.69. The Morgan fingerprint density at radius 2 is 2.12 bits per heavy atom. The molecular formula is C17H22N4O3. The maximum absolute atomic E-state index is 11.9. The van der Waals surface area contributed by atoms with Gasteiger partial charge in [0.25, 0.3) is 0 Å². The lowest BCUT2D eigenvalue weighted by molar-refractivity contribution is -0.181. The first-order valence-electron chi connectivity index (χ1n) is 8.29. The van der Waals surface area contributed by atoms with Gasteiger partial charge in [0, 0.05) is 19.5 Å². The van der Waals surface area contributed by atoms with E-state index in [1.807, 2.05) is 35.4 Å². The zero-order valence-corrected chi connectivity index (χ0v) is 13.6. The zero-order valence-electron chi connectivity index (χ0n) is 13.6. The van der Waals surface area contributed by atoms with Crippen LogP contribution in [0.1, 0.15) is 36.5 Å². The molecule has 0 bridgehead atoms. The van der Waals surface area contributed by atoms with Crippen molar-refractivity contribution in [2.24, 2.45) is 0 Å².